The molecule has 0 spiro atoms. The molecule has 144 valence electrons. The lowest BCUT2D eigenvalue weighted by molar-refractivity contribution is -0.0786. The van der Waals surface area contributed by atoms with Crippen LogP contribution >= 0.6 is 0 Å². The Hall–Kier alpha value is -0.940. The van der Waals surface area contributed by atoms with Gasteiger partial charge in [-0.2, -0.15) is 0 Å². The van der Waals surface area contributed by atoms with Gasteiger partial charge in [0.05, 0.1) is 44.7 Å². The van der Waals surface area contributed by atoms with Gasteiger partial charge in [-0.1, -0.05) is 31.2 Å². The third-order valence-corrected chi connectivity index (χ3v) is 3.97. The number of hydrogen-bond donors (Lipinski definition) is 0. The van der Waals surface area contributed by atoms with E-state index in [0.29, 0.717) is 32.3 Å². The van der Waals surface area contributed by atoms with Gasteiger partial charge in [-0.3, -0.25) is 0 Å². The highest BCUT2D eigenvalue weighted by atomic mass is 16.6. The Labute approximate surface area is 153 Å². The highest BCUT2D eigenvalue weighted by Gasteiger charge is 2.10. The maximum atomic E-state index is 5.80. The normalized spacial score (nSPS) is 20.8. The molecule has 1 aliphatic carbocycles. The molecule has 1 rings (SSSR count). The van der Waals surface area contributed by atoms with E-state index in [-0.39, 0.29) is 18.3 Å². The fourth-order valence-corrected chi connectivity index (χ4v) is 2.37. The van der Waals surface area contributed by atoms with Crippen LogP contribution in [-0.4, -0.2) is 51.3 Å². The Kier molecular flexibility index (Phi) is 11.7. The molecule has 0 saturated heterocycles. The summed E-state index contributed by atoms with van der Waals surface area (Å²) < 4.78 is 22.9. The molecule has 4 heteroatoms. The van der Waals surface area contributed by atoms with Gasteiger partial charge in [0.2, 0.25) is 0 Å². The summed E-state index contributed by atoms with van der Waals surface area (Å²) in [6, 6.07) is 0. The van der Waals surface area contributed by atoms with E-state index >= 15 is 0 Å². The van der Waals surface area contributed by atoms with Crippen molar-refractivity contribution in [2.45, 2.75) is 58.8 Å². The lowest BCUT2D eigenvalue weighted by Gasteiger charge is -2.20. The van der Waals surface area contributed by atoms with Crippen LogP contribution < -0.4 is 0 Å². The Morgan fingerprint density at radius 2 is 1.72 bits per heavy atom. The monoisotopic (exact) mass is 352 g/mol. The highest BCUT2D eigenvalue weighted by molar-refractivity contribution is 5.25. The van der Waals surface area contributed by atoms with Crippen molar-refractivity contribution in [2.75, 3.05) is 33.0 Å². The summed E-state index contributed by atoms with van der Waals surface area (Å²) >= 11 is 0. The van der Waals surface area contributed by atoms with Crippen molar-refractivity contribution in [1.29, 1.82) is 0 Å². The Balaban J connectivity index is 2.06. The van der Waals surface area contributed by atoms with Gasteiger partial charge < -0.3 is 18.9 Å². The summed E-state index contributed by atoms with van der Waals surface area (Å²) in [6.45, 7) is 15.2. The second kappa shape index (κ2) is 13.3. The SMILES string of the molecule is C=CC1C=CC(COCC(C)OCC(C)OCC(C)OCCC)=CC1. The van der Waals surface area contributed by atoms with Crippen molar-refractivity contribution in [2.24, 2.45) is 5.92 Å². The van der Waals surface area contributed by atoms with E-state index in [4.69, 9.17) is 18.9 Å². The second-order valence-corrected chi connectivity index (χ2v) is 6.76. The van der Waals surface area contributed by atoms with Crippen LogP contribution in [0.5, 0.6) is 0 Å². The van der Waals surface area contributed by atoms with E-state index in [2.05, 4.69) is 31.7 Å². The summed E-state index contributed by atoms with van der Waals surface area (Å²) in [5, 5.41) is 0. The molecule has 0 aromatic heterocycles. The lowest BCUT2D eigenvalue weighted by Crippen LogP contribution is -2.26. The van der Waals surface area contributed by atoms with Crippen LogP contribution in [0.3, 0.4) is 0 Å². The first-order valence-electron chi connectivity index (χ1n) is 9.47. The minimum Gasteiger partial charge on any atom is -0.376 e. The van der Waals surface area contributed by atoms with Crippen LogP contribution in [-0.2, 0) is 18.9 Å². The van der Waals surface area contributed by atoms with Gasteiger partial charge in [0.15, 0.2) is 0 Å². The van der Waals surface area contributed by atoms with Crippen LogP contribution in [0.4, 0.5) is 0 Å². The van der Waals surface area contributed by atoms with E-state index in [1.807, 2.05) is 26.8 Å². The molecule has 4 nitrogen and oxygen atoms in total. The highest BCUT2D eigenvalue weighted by Crippen LogP contribution is 2.17. The van der Waals surface area contributed by atoms with Gasteiger partial charge in [0.25, 0.3) is 0 Å². The van der Waals surface area contributed by atoms with Crippen LogP contribution in [0.15, 0.2) is 36.5 Å². The molecule has 4 unspecified atom stereocenters. The standard InChI is InChI=1S/C21H36O4/c1-6-12-23-18(4)14-25-19(5)15-24-17(3)13-22-16-21-10-8-20(7-2)9-11-21/h7-8,10-11,17-20H,2,6,9,12-16H2,1,3-5H3. The molecule has 0 heterocycles. The summed E-state index contributed by atoms with van der Waals surface area (Å²) in [7, 11) is 0. The van der Waals surface area contributed by atoms with Crippen molar-refractivity contribution < 1.29 is 18.9 Å². The number of ether oxygens (including phenoxy) is 4. The summed E-state index contributed by atoms with van der Waals surface area (Å²) in [5.74, 6) is 0.461. The van der Waals surface area contributed by atoms with E-state index in [9.17, 15) is 0 Å². The summed E-state index contributed by atoms with van der Waals surface area (Å²) in [4.78, 5) is 0. The van der Waals surface area contributed by atoms with E-state index in [1.54, 1.807) is 0 Å². The zero-order chi connectivity index (χ0) is 18.5. The predicted molar refractivity (Wildman–Crippen MR) is 103 cm³/mol. The molecular weight excluding hydrogens is 316 g/mol. The average Bonchev–Trinajstić information content (AvgIpc) is 2.63. The molecule has 0 aromatic carbocycles. The van der Waals surface area contributed by atoms with Gasteiger partial charge in [0.1, 0.15) is 0 Å². The topological polar surface area (TPSA) is 36.9 Å². The van der Waals surface area contributed by atoms with Gasteiger partial charge >= 0.3 is 0 Å². The number of allylic oxidation sites excluding steroid dienone is 3. The lowest BCUT2D eigenvalue weighted by atomic mass is 9.97. The third kappa shape index (κ3) is 10.6. The quantitative estimate of drug-likeness (QED) is 0.436. The van der Waals surface area contributed by atoms with Crippen molar-refractivity contribution in [3.8, 4) is 0 Å². The fraction of sp³-hybridized carbons (Fsp3) is 0.714. The maximum absolute atomic E-state index is 5.80. The van der Waals surface area contributed by atoms with Crippen LogP contribution in [0.2, 0.25) is 0 Å². The molecular formula is C21H36O4. The van der Waals surface area contributed by atoms with Gasteiger partial charge in [-0.05, 0) is 45.1 Å². The maximum Gasteiger partial charge on any atom is 0.0781 e. The second-order valence-electron chi connectivity index (χ2n) is 6.76. The van der Waals surface area contributed by atoms with E-state index in [1.165, 1.54) is 5.57 Å². The smallest absolute Gasteiger partial charge is 0.0781 e. The molecule has 4 atom stereocenters. The van der Waals surface area contributed by atoms with E-state index < -0.39 is 0 Å². The predicted octanol–water partition coefficient (Wildman–Crippen LogP) is 4.32. The van der Waals surface area contributed by atoms with Crippen molar-refractivity contribution in [1.82, 2.24) is 0 Å². The number of rotatable bonds is 14. The first-order chi connectivity index (χ1) is 12.0. The molecule has 0 amide bonds. The molecule has 0 bridgehead atoms. The van der Waals surface area contributed by atoms with Gasteiger partial charge in [0, 0.05) is 6.61 Å². The first-order valence-corrected chi connectivity index (χ1v) is 9.47. The van der Waals surface area contributed by atoms with Gasteiger partial charge in [-0.15, -0.1) is 6.58 Å². The summed E-state index contributed by atoms with van der Waals surface area (Å²) in [6.07, 6.45) is 10.8. The molecule has 0 aromatic rings. The molecule has 0 saturated carbocycles. The molecule has 0 radical (unpaired) electrons. The van der Waals surface area contributed by atoms with Crippen molar-refractivity contribution in [3.05, 3.63) is 36.5 Å². The minimum atomic E-state index is 0.0499. The molecule has 25 heavy (non-hydrogen) atoms. The van der Waals surface area contributed by atoms with Gasteiger partial charge in [-0.25, -0.2) is 0 Å². The summed E-state index contributed by atoms with van der Waals surface area (Å²) in [5.41, 5.74) is 1.23. The zero-order valence-electron chi connectivity index (χ0n) is 16.4. The minimum absolute atomic E-state index is 0.0499. The first kappa shape index (κ1) is 22.1. The Morgan fingerprint density at radius 3 is 2.28 bits per heavy atom. The average molecular weight is 353 g/mol. The number of hydrogen-bond acceptors (Lipinski definition) is 4. The molecule has 0 N–H and O–H groups in total. The largest absolute Gasteiger partial charge is 0.376 e. The Bertz CT molecular complexity index is 416. The van der Waals surface area contributed by atoms with E-state index in [0.717, 1.165) is 19.4 Å². The Morgan fingerprint density at radius 1 is 1.08 bits per heavy atom. The molecule has 1 aliphatic rings. The zero-order valence-corrected chi connectivity index (χ0v) is 16.4. The van der Waals surface area contributed by atoms with Crippen LogP contribution in [0.1, 0.15) is 40.5 Å². The fourth-order valence-electron chi connectivity index (χ4n) is 2.37. The third-order valence-electron chi connectivity index (χ3n) is 3.97. The van der Waals surface area contributed by atoms with Crippen LogP contribution in [0, 0.1) is 5.92 Å². The molecule has 0 fully saturated rings. The van der Waals surface area contributed by atoms with Crippen LogP contribution in [0.25, 0.3) is 0 Å². The van der Waals surface area contributed by atoms with Crippen molar-refractivity contribution in [3.63, 3.8) is 0 Å². The van der Waals surface area contributed by atoms with Crippen molar-refractivity contribution >= 4 is 0 Å². The molecule has 0 aliphatic heterocycles.